The normalized spacial score (nSPS) is 22.0. The zero-order chi connectivity index (χ0) is 11.2. The summed E-state index contributed by atoms with van der Waals surface area (Å²) in [5.74, 6) is 0.995. The molecular weight excluding hydrogens is 196 g/mol. The molecule has 1 unspecified atom stereocenters. The molecule has 3 rings (SSSR count). The standard InChI is InChI=1S/C14H16N2/c1-14(2)9-12(14)16-13-8-7-10-5-3-4-6-11(10)15-13/h3-8,12H,9H2,1-2H3,(H,15,16). The molecular formula is C14H16N2. The van der Waals surface area contributed by atoms with Crippen LogP contribution in [0.1, 0.15) is 20.3 Å². The average Bonchev–Trinajstić information content (AvgIpc) is 2.86. The van der Waals surface area contributed by atoms with Crippen molar-refractivity contribution in [1.82, 2.24) is 4.98 Å². The van der Waals surface area contributed by atoms with E-state index in [2.05, 4.69) is 48.4 Å². The molecule has 1 aromatic heterocycles. The van der Waals surface area contributed by atoms with Gasteiger partial charge < -0.3 is 5.32 Å². The van der Waals surface area contributed by atoms with Gasteiger partial charge in [0, 0.05) is 11.4 Å². The molecule has 1 heterocycles. The van der Waals surface area contributed by atoms with E-state index in [-0.39, 0.29) is 0 Å². The van der Waals surface area contributed by atoms with Crippen LogP contribution in [-0.2, 0) is 0 Å². The van der Waals surface area contributed by atoms with Crippen molar-refractivity contribution in [2.24, 2.45) is 5.41 Å². The van der Waals surface area contributed by atoms with Crippen molar-refractivity contribution < 1.29 is 0 Å². The molecule has 2 aromatic rings. The molecule has 1 aliphatic carbocycles. The Morgan fingerprint density at radius 2 is 1.94 bits per heavy atom. The van der Waals surface area contributed by atoms with Gasteiger partial charge in [-0.25, -0.2) is 4.98 Å². The molecule has 1 N–H and O–H groups in total. The molecule has 1 aliphatic rings. The Labute approximate surface area is 95.7 Å². The predicted octanol–water partition coefficient (Wildman–Crippen LogP) is 3.45. The minimum Gasteiger partial charge on any atom is -0.367 e. The minimum atomic E-state index is 0.438. The van der Waals surface area contributed by atoms with Crippen LogP contribution < -0.4 is 5.32 Å². The summed E-state index contributed by atoms with van der Waals surface area (Å²) in [7, 11) is 0. The van der Waals surface area contributed by atoms with Gasteiger partial charge in [-0.1, -0.05) is 32.0 Å². The van der Waals surface area contributed by atoms with Crippen LogP contribution in [0, 0.1) is 5.41 Å². The summed E-state index contributed by atoms with van der Waals surface area (Å²) in [6.07, 6.45) is 1.24. The van der Waals surface area contributed by atoms with Gasteiger partial charge in [0.05, 0.1) is 5.52 Å². The third-order valence-corrected chi connectivity index (χ3v) is 3.43. The fraction of sp³-hybridized carbons (Fsp3) is 0.357. The highest BCUT2D eigenvalue weighted by Gasteiger charge is 2.45. The van der Waals surface area contributed by atoms with Gasteiger partial charge in [-0.15, -0.1) is 0 Å². The van der Waals surface area contributed by atoms with Crippen LogP contribution in [0.25, 0.3) is 10.9 Å². The second-order valence-electron chi connectivity index (χ2n) is 5.28. The number of rotatable bonds is 2. The van der Waals surface area contributed by atoms with E-state index >= 15 is 0 Å². The number of pyridine rings is 1. The number of nitrogens with zero attached hydrogens (tertiary/aromatic N) is 1. The van der Waals surface area contributed by atoms with Crippen molar-refractivity contribution in [2.75, 3.05) is 5.32 Å². The van der Waals surface area contributed by atoms with E-state index in [4.69, 9.17) is 0 Å². The van der Waals surface area contributed by atoms with Gasteiger partial charge in [0.1, 0.15) is 5.82 Å². The quantitative estimate of drug-likeness (QED) is 0.824. The second-order valence-corrected chi connectivity index (χ2v) is 5.28. The number of hydrogen-bond donors (Lipinski definition) is 1. The van der Waals surface area contributed by atoms with Crippen molar-refractivity contribution in [2.45, 2.75) is 26.3 Å². The topological polar surface area (TPSA) is 24.9 Å². The number of nitrogens with one attached hydrogen (secondary N) is 1. The summed E-state index contributed by atoms with van der Waals surface area (Å²) in [5, 5.41) is 4.68. The maximum atomic E-state index is 4.61. The van der Waals surface area contributed by atoms with Crippen LogP contribution in [0.3, 0.4) is 0 Å². The largest absolute Gasteiger partial charge is 0.367 e. The van der Waals surface area contributed by atoms with Crippen molar-refractivity contribution in [1.29, 1.82) is 0 Å². The molecule has 0 saturated heterocycles. The maximum Gasteiger partial charge on any atom is 0.126 e. The number of fused-ring (bicyclic) bond motifs is 1. The lowest BCUT2D eigenvalue weighted by Gasteiger charge is -2.08. The molecule has 0 amide bonds. The summed E-state index contributed by atoms with van der Waals surface area (Å²) in [6.45, 7) is 4.57. The fourth-order valence-corrected chi connectivity index (χ4v) is 2.04. The van der Waals surface area contributed by atoms with Gasteiger partial charge in [0.2, 0.25) is 0 Å². The Bertz CT molecular complexity index is 531. The van der Waals surface area contributed by atoms with Crippen LogP contribution in [0.4, 0.5) is 5.82 Å². The third-order valence-electron chi connectivity index (χ3n) is 3.43. The molecule has 1 aromatic carbocycles. The molecule has 16 heavy (non-hydrogen) atoms. The zero-order valence-electron chi connectivity index (χ0n) is 9.70. The Balaban J connectivity index is 1.88. The molecule has 0 aliphatic heterocycles. The molecule has 2 heteroatoms. The lowest BCUT2D eigenvalue weighted by Crippen LogP contribution is -2.09. The molecule has 0 radical (unpaired) electrons. The minimum absolute atomic E-state index is 0.438. The summed E-state index contributed by atoms with van der Waals surface area (Å²) in [5.41, 5.74) is 1.50. The first-order valence-electron chi connectivity index (χ1n) is 5.77. The van der Waals surface area contributed by atoms with E-state index in [1.54, 1.807) is 0 Å². The first-order valence-corrected chi connectivity index (χ1v) is 5.77. The van der Waals surface area contributed by atoms with Crippen LogP contribution >= 0.6 is 0 Å². The van der Waals surface area contributed by atoms with E-state index in [1.807, 2.05) is 12.1 Å². The van der Waals surface area contributed by atoms with Gasteiger partial charge in [-0.3, -0.25) is 0 Å². The zero-order valence-corrected chi connectivity index (χ0v) is 9.70. The molecule has 2 nitrogen and oxygen atoms in total. The fourth-order valence-electron chi connectivity index (χ4n) is 2.04. The molecule has 82 valence electrons. The van der Waals surface area contributed by atoms with E-state index in [1.165, 1.54) is 11.8 Å². The summed E-state index contributed by atoms with van der Waals surface area (Å²) < 4.78 is 0. The lowest BCUT2D eigenvalue weighted by molar-refractivity contribution is 0.630. The smallest absolute Gasteiger partial charge is 0.126 e. The molecule has 0 spiro atoms. The monoisotopic (exact) mass is 212 g/mol. The van der Waals surface area contributed by atoms with E-state index in [0.29, 0.717) is 11.5 Å². The van der Waals surface area contributed by atoms with Crippen LogP contribution in [0.2, 0.25) is 0 Å². The van der Waals surface area contributed by atoms with Gasteiger partial charge in [0.25, 0.3) is 0 Å². The van der Waals surface area contributed by atoms with Gasteiger partial charge in [0.15, 0.2) is 0 Å². The average molecular weight is 212 g/mol. The Hall–Kier alpha value is -1.57. The summed E-state index contributed by atoms with van der Waals surface area (Å²) in [4.78, 5) is 4.61. The van der Waals surface area contributed by atoms with Gasteiger partial charge >= 0.3 is 0 Å². The molecule has 1 saturated carbocycles. The van der Waals surface area contributed by atoms with Gasteiger partial charge in [-0.2, -0.15) is 0 Å². The number of para-hydroxylation sites is 1. The number of benzene rings is 1. The number of aromatic nitrogens is 1. The van der Waals surface area contributed by atoms with Crippen molar-refractivity contribution in [3.8, 4) is 0 Å². The van der Waals surface area contributed by atoms with Crippen LogP contribution in [0.5, 0.6) is 0 Å². The summed E-state index contributed by atoms with van der Waals surface area (Å²) >= 11 is 0. The van der Waals surface area contributed by atoms with Gasteiger partial charge in [-0.05, 0) is 30.0 Å². The first kappa shape index (κ1) is 9.64. The van der Waals surface area contributed by atoms with Crippen LogP contribution in [-0.4, -0.2) is 11.0 Å². The van der Waals surface area contributed by atoms with Crippen molar-refractivity contribution in [3.05, 3.63) is 36.4 Å². The first-order chi connectivity index (χ1) is 7.65. The number of anilines is 1. The SMILES string of the molecule is CC1(C)CC1Nc1ccc2ccccc2n1. The highest BCUT2D eigenvalue weighted by Crippen LogP contribution is 2.46. The predicted molar refractivity (Wildman–Crippen MR) is 67.6 cm³/mol. The maximum absolute atomic E-state index is 4.61. The molecule has 1 fully saturated rings. The Morgan fingerprint density at radius 3 is 2.69 bits per heavy atom. The third kappa shape index (κ3) is 1.64. The lowest BCUT2D eigenvalue weighted by atomic mass is 10.2. The van der Waals surface area contributed by atoms with E-state index in [0.717, 1.165) is 11.3 Å². The number of hydrogen-bond acceptors (Lipinski definition) is 2. The Morgan fingerprint density at radius 1 is 1.19 bits per heavy atom. The van der Waals surface area contributed by atoms with E-state index in [9.17, 15) is 0 Å². The van der Waals surface area contributed by atoms with E-state index < -0.39 is 0 Å². The molecule has 1 atom stereocenters. The second kappa shape index (κ2) is 3.21. The molecule has 0 bridgehead atoms. The highest BCUT2D eigenvalue weighted by molar-refractivity contribution is 5.80. The summed E-state index contributed by atoms with van der Waals surface area (Å²) in [6, 6.07) is 13.0. The Kier molecular flexibility index (Phi) is 1.93. The highest BCUT2D eigenvalue weighted by atomic mass is 15.1. The van der Waals surface area contributed by atoms with Crippen molar-refractivity contribution >= 4 is 16.7 Å². The van der Waals surface area contributed by atoms with Crippen LogP contribution in [0.15, 0.2) is 36.4 Å². The van der Waals surface area contributed by atoms with Crippen molar-refractivity contribution in [3.63, 3.8) is 0 Å².